The number of carbonyl (C=O) groups excluding carboxylic acids is 1. The van der Waals surface area contributed by atoms with Crippen LogP contribution in [0.5, 0.6) is 0 Å². The van der Waals surface area contributed by atoms with Gasteiger partial charge in [-0.05, 0) is 45.2 Å². The molecular weight excluding hydrogens is 256 g/mol. The van der Waals surface area contributed by atoms with Crippen LogP contribution in [-0.4, -0.2) is 41.4 Å². The Kier molecular flexibility index (Phi) is 4.60. The molecule has 1 aromatic rings. The summed E-state index contributed by atoms with van der Waals surface area (Å²) < 4.78 is 4.93. The third-order valence-corrected chi connectivity index (χ3v) is 3.65. The summed E-state index contributed by atoms with van der Waals surface area (Å²) in [6.45, 7) is 5.68. The van der Waals surface area contributed by atoms with Gasteiger partial charge in [0.2, 0.25) is 0 Å². The van der Waals surface area contributed by atoms with Gasteiger partial charge in [0.15, 0.2) is 0 Å². The van der Waals surface area contributed by atoms with Crippen molar-refractivity contribution < 1.29 is 14.6 Å². The maximum absolute atomic E-state index is 11.6. The highest BCUT2D eigenvalue weighted by Crippen LogP contribution is 2.24. The van der Waals surface area contributed by atoms with E-state index in [4.69, 9.17) is 4.74 Å². The highest BCUT2D eigenvalue weighted by Gasteiger charge is 2.25. The lowest BCUT2D eigenvalue weighted by molar-refractivity contribution is 0.0480. The molecule has 20 heavy (non-hydrogen) atoms. The molecule has 1 aliphatic rings. The summed E-state index contributed by atoms with van der Waals surface area (Å²) in [5, 5.41) is 10.1. The fraction of sp³-hybridized carbons (Fsp3) is 0.600. The summed E-state index contributed by atoms with van der Waals surface area (Å²) in [7, 11) is 0. The molecule has 1 fully saturated rings. The van der Waals surface area contributed by atoms with Crippen molar-refractivity contribution in [2.45, 2.75) is 38.7 Å². The van der Waals surface area contributed by atoms with E-state index in [1.54, 1.807) is 19.2 Å². The number of rotatable bonds is 3. The van der Waals surface area contributed by atoms with Crippen LogP contribution in [0.25, 0.3) is 0 Å². The molecule has 1 atom stereocenters. The molecule has 1 aromatic heterocycles. The predicted octanol–water partition coefficient (Wildman–Crippen LogP) is 2.00. The van der Waals surface area contributed by atoms with Crippen LogP contribution in [0.2, 0.25) is 0 Å². The van der Waals surface area contributed by atoms with E-state index >= 15 is 0 Å². The Hall–Kier alpha value is -1.62. The second-order valence-corrected chi connectivity index (χ2v) is 5.46. The topological polar surface area (TPSA) is 62.7 Å². The van der Waals surface area contributed by atoms with Crippen molar-refractivity contribution >= 4 is 11.8 Å². The Morgan fingerprint density at radius 2 is 2.25 bits per heavy atom. The maximum Gasteiger partial charge on any atom is 0.339 e. The molecule has 1 unspecified atom stereocenters. The van der Waals surface area contributed by atoms with Crippen LogP contribution in [-0.2, 0) is 4.74 Å². The number of aromatic nitrogens is 1. The van der Waals surface area contributed by atoms with Gasteiger partial charge < -0.3 is 14.7 Å². The van der Waals surface area contributed by atoms with Crippen LogP contribution in [0.4, 0.5) is 5.82 Å². The fourth-order valence-electron chi connectivity index (χ4n) is 2.40. The van der Waals surface area contributed by atoms with Gasteiger partial charge in [-0.15, -0.1) is 0 Å². The Labute approximate surface area is 119 Å². The average molecular weight is 278 g/mol. The number of carbonyl (C=O) groups is 1. The Bertz CT molecular complexity index is 457. The minimum absolute atomic E-state index is 0.342. The van der Waals surface area contributed by atoms with Crippen molar-refractivity contribution in [2.24, 2.45) is 0 Å². The SMILES string of the molecule is CCOC(=O)c1ccc(N2CCCC(C)(O)CC2)nc1. The number of pyridine rings is 1. The molecule has 110 valence electrons. The second-order valence-electron chi connectivity index (χ2n) is 5.46. The minimum atomic E-state index is -0.584. The van der Waals surface area contributed by atoms with Crippen molar-refractivity contribution in [3.05, 3.63) is 23.9 Å². The number of nitrogens with zero attached hydrogens (tertiary/aromatic N) is 2. The van der Waals surface area contributed by atoms with Crippen LogP contribution in [0.15, 0.2) is 18.3 Å². The summed E-state index contributed by atoms with van der Waals surface area (Å²) in [6.07, 6.45) is 4.03. The second kappa shape index (κ2) is 6.22. The molecule has 0 radical (unpaired) electrons. The van der Waals surface area contributed by atoms with Crippen molar-refractivity contribution in [1.29, 1.82) is 0 Å². The molecule has 0 amide bonds. The van der Waals surface area contributed by atoms with E-state index in [2.05, 4.69) is 9.88 Å². The molecule has 2 heterocycles. The molecule has 0 spiro atoms. The summed E-state index contributed by atoms with van der Waals surface area (Å²) in [6, 6.07) is 3.58. The molecule has 0 aliphatic carbocycles. The smallest absolute Gasteiger partial charge is 0.339 e. The number of esters is 1. The molecule has 0 aromatic carbocycles. The quantitative estimate of drug-likeness (QED) is 0.857. The van der Waals surface area contributed by atoms with E-state index in [0.29, 0.717) is 12.2 Å². The number of hydrogen-bond acceptors (Lipinski definition) is 5. The molecule has 5 nitrogen and oxygen atoms in total. The van der Waals surface area contributed by atoms with E-state index in [-0.39, 0.29) is 5.97 Å². The minimum Gasteiger partial charge on any atom is -0.462 e. The maximum atomic E-state index is 11.6. The van der Waals surface area contributed by atoms with E-state index < -0.39 is 5.60 Å². The van der Waals surface area contributed by atoms with Crippen LogP contribution < -0.4 is 4.90 Å². The van der Waals surface area contributed by atoms with Gasteiger partial charge in [-0.2, -0.15) is 0 Å². The van der Waals surface area contributed by atoms with Gasteiger partial charge in [-0.25, -0.2) is 9.78 Å². The number of anilines is 1. The van der Waals surface area contributed by atoms with E-state index in [1.807, 2.05) is 13.0 Å². The lowest BCUT2D eigenvalue weighted by atomic mass is 9.98. The lowest BCUT2D eigenvalue weighted by Crippen LogP contribution is -2.28. The summed E-state index contributed by atoms with van der Waals surface area (Å²) >= 11 is 0. The normalized spacial score (nSPS) is 23.2. The summed E-state index contributed by atoms with van der Waals surface area (Å²) in [4.78, 5) is 18.1. The standard InChI is InChI=1S/C15H22N2O3/c1-3-20-14(18)12-5-6-13(16-11-12)17-9-4-7-15(2,19)8-10-17/h5-6,11,19H,3-4,7-10H2,1-2H3. The molecule has 1 N–H and O–H groups in total. The highest BCUT2D eigenvalue weighted by atomic mass is 16.5. The lowest BCUT2D eigenvalue weighted by Gasteiger charge is -2.23. The Balaban J connectivity index is 2.04. The predicted molar refractivity (Wildman–Crippen MR) is 76.9 cm³/mol. The largest absolute Gasteiger partial charge is 0.462 e. The fourth-order valence-corrected chi connectivity index (χ4v) is 2.40. The van der Waals surface area contributed by atoms with Gasteiger partial charge in [-0.3, -0.25) is 0 Å². The first-order valence-electron chi connectivity index (χ1n) is 7.12. The zero-order chi connectivity index (χ0) is 14.6. The van der Waals surface area contributed by atoms with Gasteiger partial charge in [0.1, 0.15) is 5.82 Å². The molecule has 0 saturated carbocycles. The van der Waals surface area contributed by atoms with E-state index in [0.717, 1.165) is 38.2 Å². The van der Waals surface area contributed by atoms with Gasteiger partial charge in [0.05, 0.1) is 17.8 Å². The van der Waals surface area contributed by atoms with E-state index in [1.165, 1.54) is 0 Å². The van der Waals surface area contributed by atoms with Crippen LogP contribution in [0, 0.1) is 0 Å². The van der Waals surface area contributed by atoms with Crippen LogP contribution in [0.3, 0.4) is 0 Å². The average Bonchev–Trinajstić information content (AvgIpc) is 2.60. The van der Waals surface area contributed by atoms with E-state index in [9.17, 15) is 9.90 Å². The zero-order valence-corrected chi connectivity index (χ0v) is 12.1. The molecular formula is C15H22N2O3. The first-order chi connectivity index (χ1) is 9.52. The van der Waals surface area contributed by atoms with Crippen LogP contribution >= 0.6 is 0 Å². The third-order valence-electron chi connectivity index (χ3n) is 3.65. The van der Waals surface area contributed by atoms with Crippen molar-refractivity contribution in [2.75, 3.05) is 24.6 Å². The Morgan fingerprint density at radius 3 is 2.90 bits per heavy atom. The number of hydrogen-bond donors (Lipinski definition) is 1. The molecule has 1 saturated heterocycles. The third kappa shape index (κ3) is 3.70. The number of ether oxygens (including phenoxy) is 1. The monoisotopic (exact) mass is 278 g/mol. The van der Waals surface area contributed by atoms with Gasteiger partial charge in [0, 0.05) is 19.3 Å². The Morgan fingerprint density at radius 1 is 1.45 bits per heavy atom. The zero-order valence-electron chi connectivity index (χ0n) is 12.1. The first kappa shape index (κ1) is 14.8. The van der Waals surface area contributed by atoms with Crippen molar-refractivity contribution in [1.82, 2.24) is 4.98 Å². The molecule has 2 rings (SSSR count). The van der Waals surface area contributed by atoms with Gasteiger partial charge in [0.25, 0.3) is 0 Å². The summed E-state index contributed by atoms with van der Waals surface area (Å²) in [5.74, 6) is 0.501. The first-order valence-corrected chi connectivity index (χ1v) is 7.12. The molecule has 5 heteroatoms. The van der Waals surface area contributed by atoms with Gasteiger partial charge in [-0.1, -0.05) is 0 Å². The molecule has 1 aliphatic heterocycles. The highest BCUT2D eigenvalue weighted by molar-refractivity contribution is 5.89. The molecule has 0 bridgehead atoms. The van der Waals surface area contributed by atoms with Crippen molar-refractivity contribution in [3.63, 3.8) is 0 Å². The van der Waals surface area contributed by atoms with Crippen LogP contribution in [0.1, 0.15) is 43.5 Å². The summed E-state index contributed by atoms with van der Waals surface area (Å²) in [5.41, 5.74) is -0.114. The van der Waals surface area contributed by atoms with Gasteiger partial charge >= 0.3 is 5.97 Å². The number of aliphatic hydroxyl groups is 1. The van der Waals surface area contributed by atoms with Crippen molar-refractivity contribution in [3.8, 4) is 0 Å².